The highest BCUT2D eigenvalue weighted by atomic mass is 19.1. The first-order valence-electron chi connectivity index (χ1n) is 7.46. The van der Waals surface area contributed by atoms with Gasteiger partial charge in [-0.1, -0.05) is 13.0 Å². The number of carbonyl (C=O) groups excluding carboxylic acids is 1. The first kappa shape index (κ1) is 16.1. The summed E-state index contributed by atoms with van der Waals surface area (Å²) in [5, 5.41) is 0. The lowest BCUT2D eigenvalue weighted by molar-refractivity contribution is 0.0504. The zero-order valence-electron chi connectivity index (χ0n) is 13.2. The van der Waals surface area contributed by atoms with Crippen LogP contribution < -0.4 is 0 Å². The van der Waals surface area contributed by atoms with Gasteiger partial charge in [0.25, 0.3) is 0 Å². The quantitative estimate of drug-likeness (QED) is 0.787. The first-order valence-corrected chi connectivity index (χ1v) is 7.46. The molecular formula is C17H23F2NO. The molecule has 0 aromatic heterocycles. The predicted octanol–water partition coefficient (Wildman–Crippen LogP) is 3.97. The van der Waals surface area contributed by atoms with E-state index in [2.05, 4.69) is 6.92 Å². The van der Waals surface area contributed by atoms with E-state index in [0.29, 0.717) is 24.3 Å². The molecule has 2 rings (SSSR count). The normalized spacial score (nSPS) is 26.1. The molecule has 116 valence electrons. The summed E-state index contributed by atoms with van der Waals surface area (Å²) in [6.07, 6.45) is 3.09. The van der Waals surface area contributed by atoms with Crippen LogP contribution in [-0.4, -0.2) is 30.3 Å². The van der Waals surface area contributed by atoms with Crippen LogP contribution in [0.1, 0.15) is 48.5 Å². The minimum atomic E-state index is -0.790. The molecule has 4 heteroatoms. The predicted molar refractivity (Wildman–Crippen MR) is 79.5 cm³/mol. The molecule has 0 saturated heterocycles. The number of Topliss-reactive ketones (excluding diaryl/α,β-unsaturated/α-hetero) is 1. The largest absolute Gasteiger partial charge is 0.297 e. The molecule has 0 N–H and O–H groups in total. The second kappa shape index (κ2) is 5.84. The van der Waals surface area contributed by atoms with Gasteiger partial charge in [-0.05, 0) is 64.3 Å². The first-order chi connectivity index (χ1) is 9.79. The van der Waals surface area contributed by atoms with Crippen LogP contribution in [0.5, 0.6) is 0 Å². The Hall–Kier alpha value is -1.29. The van der Waals surface area contributed by atoms with Gasteiger partial charge in [-0.3, -0.25) is 9.69 Å². The molecule has 0 atom stereocenters. The highest BCUT2D eigenvalue weighted by Gasteiger charge is 2.45. The van der Waals surface area contributed by atoms with Gasteiger partial charge in [0.15, 0.2) is 5.78 Å². The number of aryl methyl sites for hydroxylation is 1. The average molecular weight is 295 g/mol. The highest BCUT2D eigenvalue weighted by molar-refractivity contribution is 6.03. The topological polar surface area (TPSA) is 20.3 Å². The summed E-state index contributed by atoms with van der Waals surface area (Å²) in [7, 11) is 3.64. The summed E-state index contributed by atoms with van der Waals surface area (Å²) in [5.41, 5.74) is -0.863. The molecule has 0 radical (unpaired) electrons. The van der Waals surface area contributed by atoms with Crippen molar-refractivity contribution in [2.75, 3.05) is 14.1 Å². The van der Waals surface area contributed by atoms with Crippen LogP contribution in [0.3, 0.4) is 0 Å². The summed E-state index contributed by atoms with van der Waals surface area (Å²) in [6.45, 7) is 3.70. The Morgan fingerprint density at radius 3 is 2.33 bits per heavy atom. The minimum Gasteiger partial charge on any atom is -0.297 e. The van der Waals surface area contributed by atoms with Gasteiger partial charge in [0.2, 0.25) is 0 Å². The van der Waals surface area contributed by atoms with Crippen LogP contribution in [0.25, 0.3) is 0 Å². The SMILES string of the molecule is Cc1ccc(F)c(C(=O)C2(N(C)C)CCC(C)CC2)c1F. The van der Waals surface area contributed by atoms with Crippen LogP contribution in [0, 0.1) is 24.5 Å². The zero-order valence-corrected chi connectivity index (χ0v) is 13.2. The van der Waals surface area contributed by atoms with Crippen molar-refractivity contribution in [3.63, 3.8) is 0 Å². The summed E-state index contributed by atoms with van der Waals surface area (Å²) in [5.74, 6) is -1.35. The maximum Gasteiger partial charge on any atom is 0.188 e. The van der Waals surface area contributed by atoms with Gasteiger partial charge in [-0.15, -0.1) is 0 Å². The number of hydrogen-bond donors (Lipinski definition) is 0. The molecule has 1 aromatic carbocycles. The molecule has 0 spiro atoms. The molecule has 0 heterocycles. The monoisotopic (exact) mass is 295 g/mol. The van der Waals surface area contributed by atoms with Crippen molar-refractivity contribution in [2.45, 2.75) is 45.1 Å². The maximum atomic E-state index is 14.3. The van der Waals surface area contributed by atoms with Gasteiger partial charge in [0.1, 0.15) is 11.6 Å². The number of nitrogens with zero attached hydrogens (tertiary/aromatic N) is 1. The number of hydrogen-bond acceptors (Lipinski definition) is 2. The Bertz CT molecular complexity index is 546. The van der Waals surface area contributed by atoms with Crippen LogP contribution in [0.15, 0.2) is 12.1 Å². The molecule has 0 aliphatic heterocycles. The molecule has 1 aliphatic carbocycles. The van der Waals surface area contributed by atoms with Gasteiger partial charge >= 0.3 is 0 Å². The fourth-order valence-electron chi connectivity index (χ4n) is 3.21. The number of likely N-dealkylation sites (N-methyl/N-ethyl adjacent to an activating group) is 1. The third-order valence-electron chi connectivity index (χ3n) is 4.89. The van der Waals surface area contributed by atoms with Crippen molar-refractivity contribution in [3.05, 3.63) is 34.9 Å². The van der Waals surface area contributed by atoms with E-state index in [-0.39, 0.29) is 5.56 Å². The molecule has 0 amide bonds. The standard InChI is InChI=1S/C17H23F2NO/c1-11-7-9-17(10-8-11,20(3)4)16(21)14-13(18)6-5-12(2)15(14)19/h5-6,11H,7-10H2,1-4H3. The van der Waals surface area contributed by atoms with E-state index in [1.165, 1.54) is 12.1 Å². The minimum absolute atomic E-state index is 0.304. The zero-order chi connectivity index (χ0) is 15.8. The third-order valence-corrected chi connectivity index (χ3v) is 4.89. The second-order valence-electron chi connectivity index (χ2n) is 6.49. The second-order valence-corrected chi connectivity index (χ2v) is 6.49. The number of rotatable bonds is 3. The van der Waals surface area contributed by atoms with E-state index in [1.54, 1.807) is 6.92 Å². The van der Waals surface area contributed by atoms with Gasteiger partial charge in [0.05, 0.1) is 11.1 Å². The number of halogens is 2. The van der Waals surface area contributed by atoms with Crippen molar-refractivity contribution in [1.29, 1.82) is 0 Å². The fraction of sp³-hybridized carbons (Fsp3) is 0.588. The van der Waals surface area contributed by atoms with E-state index >= 15 is 0 Å². The van der Waals surface area contributed by atoms with Crippen LogP contribution >= 0.6 is 0 Å². The van der Waals surface area contributed by atoms with Gasteiger partial charge in [-0.25, -0.2) is 8.78 Å². The Labute approximate surface area is 125 Å². The molecular weight excluding hydrogens is 272 g/mol. The Kier molecular flexibility index (Phi) is 4.47. The third kappa shape index (κ3) is 2.73. The number of benzene rings is 1. The molecule has 1 aliphatic rings. The van der Waals surface area contributed by atoms with Crippen molar-refractivity contribution >= 4 is 5.78 Å². The van der Waals surface area contributed by atoms with Crippen LogP contribution in [0.4, 0.5) is 8.78 Å². The lowest BCUT2D eigenvalue weighted by atomic mass is 9.72. The van der Waals surface area contributed by atoms with Crippen LogP contribution in [-0.2, 0) is 0 Å². The van der Waals surface area contributed by atoms with E-state index in [1.807, 2.05) is 19.0 Å². The van der Waals surface area contributed by atoms with Crippen molar-refractivity contribution < 1.29 is 13.6 Å². The smallest absolute Gasteiger partial charge is 0.188 e. The lowest BCUT2D eigenvalue weighted by Crippen LogP contribution is -2.53. The summed E-state index contributed by atoms with van der Waals surface area (Å²) >= 11 is 0. The average Bonchev–Trinajstić information content (AvgIpc) is 2.44. The highest BCUT2D eigenvalue weighted by Crippen LogP contribution is 2.38. The molecule has 0 unspecified atom stereocenters. The molecule has 21 heavy (non-hydrogen) atoms. The summed E-state index contributed by atoms with van der Waals surface area (Å²) in [4.78, 5) is 14.8. The van der Waals surface area contributed by atoms with E-state index < -0.39 is 23.0 Å². The van der Waals surface area contributed by atoms with Gasteiger partial charge < -0.3 is 0 Å². The van der Waals surface area contributed by atoms with E-state index in [4.69, 9.17) is 0 Å². The molecule has 1 saturated carbocycles. The van der Waals surface area contributed by atoms with Crippen molar-refractivity contribution in [3.8, 4) is 0 Å². The van der Waals surface area contributed by atoms with E-state index in [0.717, 1.165) is 12.8 Å². The Morgan fingerprint density at radius 2 is 1.81 bits per heavy atom. The molecule has 2 nitrogen and oxygen atoms in total. The lowest BCUT2D eigenvalue weighted by Gasteiger charge is -2.43. The Balaban J connectivity index is 2.48. The van der Waals surface area contributed by atoms with Gasteiger partial charge in [-0.2, -0.15) is 0 Å². The van der Waals surface area contributed by atoms with E-state index in [9.17, 15) is 13.6 Å². The number of carbonyl (C=O) groups is 1. The summed E-state index contributed by atoms with van der Waals surface area (Å²) in [6, 6.07) is 2.55. The van der Waals surface area contributed by atoms with Crippen molar-refractivity contribution in [1.82, 2.24) is 4.90 Å². The van der Waals surface area contributed by atoms with Gasteiger partial charge in [0, 0.05) is 0 Å². The van der Waals surface area contributed by atoms with Crippen LogP contribution in [0.2, 0.25) is 0 Å². The fourth-order valence-corrected chi connectivity index (χ4v) is 3.21. The Morgan fingerprint density at radius 1 is 1.24 bits per heavy atom. The number of ketones is 1. The molecule has 0 bridgehead atoms. The molecule has 1 aromatic rings. The summed E-state index contributed by atoms with van der Waals surface area (Å²) < 4.78 is 28.4. The maximum absolute atomic E-state index is 14.3. The van der Waals surface area contributed by atoms with Crippen molar-refractivity contribution in [2.24, 2.45) is 5.92 Å². The molecule has 1 fully saturated rings.